The fraction of sp³-hybridized carbons (Fsp3) is 0.429. The van der Waals surface area contributed by atoms with Gasteiger partial charge in [0.05, 0.1) is 19.7 Å². The van der Waals surface area contributed by atoms with E-state index in [1.165, 1.54) is 12.8 Å². The smallest absolute Gasteiger partial charge is 0.284 e. The summed E-state index contributed by atoms with van der Waals surface area (Å²) in [6.45, 7) is 3.22. The normalized spacial score (nSPS) is 15.3. The van der Waals surface area contributed by atoms with Gasteiger partial charge in [-0.25, -0.2) is 0 Å². The van der Waals surface area contributed by atoms with Gasteiger partial charge in [0.2, 0.25) is 0 Å². The first-order valence-electron chi connectivity index (χ1n) is 9.82. The number of hydrogen-bond acceptors (Lipinski definition) is 5. The number of rotatable bonds is 8. The van der Waals surface area contributed by atoms with Gasteiger partial charge in [-0.15, -0.1) is 24.0 Å². The molecule has 164 valence electrons. The van der Waals surface area contributed by atoms with Crippen LogP contribution >= 0.6 is 24.0 Å². The number of hydrogen-bond donors (Lipinski definition) is 3. The summed E-state index contributed by atoms with van der Waals surface area (Å²) in [5, 5.41) is 6.61. The molecule has 0 saturated carbocycles. The van der Waals surface area contributed by atoms with E-state index in [0.29, 0.717) is 24.8 Å². The van der Waals surface area contributed by atoms with Gasteiger partial charge in [-0.05, 0) is 44.1 Å². The number of amides is 1. The van der Waals surface area contributed by atoms with Crippen LogP contribution in [0.2, 0.25) is 0 Å². The predicted octanol–water partition coefficient (Wildman–Crippen LogP) is 2.51. The monoisotopic (exact) mass is 527 g/mol. The zero-order valence-corrected chi connectivity index (χ0v) is 19.7. The van der Waals surface area contributed by atoms with Crippen LogP contribution in [0, 0.1) is 0 Å². The number of guanidine groups is 1. The van der Waals surface area contributed by atoms with E-state index >= 15 is 0 Å². The van der Waals surface area contributed by atoms with Crippen molar-refractivity contribution in [2.45, 2.75) is 25.4 Å². The Hall–Kier alpha value is -2.27. The average Bonchev–Trinajstić information content (AvgIpc) is 3.43. The first-order chi connectivity index (χ1) is 14.1. The van der Waals surface area contributed by atoms with E-state index in [9.17, 15) is 4.79 Å². The molecule has 4 N–H and O–H groups in total. The second-order valence-corrected chi connectivity index (χ2v) is 6.94. The number of halogens is 1. The zero-order valence-electron chi connectivity index (χ0n) is 17.4. The van der Waals surface area contributed by atoms with Crippen LogP contribution in [-0.4, -0.2) is 50.6 Å². The maximum absolute atomic E-state index is 11.2. The van der Waals surface area contributed by atoms with E-state index in [1.807, 2.05) is 18.2 Å². The van der Waals surface area contributed by atoms with Crippen LogP contribution in [0.3, 0.4) is 0 Å². The van der Waals surface area contributed by atoms with Gasteiger partial charge in [-0.1, -0.05) is 18.2 Å². The third-order valence-electron chi connectivity index (χ3n) is 5.10. The summed E-state index contributed by atoms with van der Waals surface area (Å²) >= 11 is 0. The van der Waals surface area contributed by atoms with E-state index < -0.39 is 5.91 Å². The zero-order chi connectivity index (χ0) is 20.6. The van der Waals surface area contributed by atoms with E-state index in [0.717, 1.165) is 24.4 Å². The Labute approximate surface area is 194 Å². The molecule has 1 amide bonds. The van der Waals surface area contributed by atoms with Gasteiger partial charge >= 0.3 is 0 Å². The molecular formula is C21H30IN5O3. The molecule has 0 spiro atoms. The molecule has 30 heavy (non-hydrogen) atoms. The van der Waals surface area contributed by atoms with Gasteiger partial charge in [0.1, 0.15) is 11.5 Å². The number of nitrogens with zero attached hydrogens (tertiary/aromatic N) is 2. The molecule has 1 aliphatic heterocycles. The van der Waals surface area contributed by atoms with Crippen molar-refractivity contribution in [1.82, 2.24) is 15.5 Å². The summed E-state index contributed by atoms with van der Waals surface area (Å²) < 4.78 is 11.0. The summed E-state index contributed by atoms with van der Waals surface area (Å²) in [7, 11) is 3.43. The van der Waals surface area contributed by atoms with Crippen molar-refractivity contribution in [3.8, 4) is 5.75 Å². The Morgan fingerprint density at radius 1 is 1.23 bits per heavy atom. The van der Waals surface area contributed by atoms with Crippen LogP contribution in [0.4, 0.5) is 0 Å². The largest absolute Gasteiger partial charge is 0.496 e. The third kappa shape index (κ3) is 6.11. The molecule has 2 heterocycles. The number of benzene rings is 1. The minimum absolute atomic E-state index is 0. The van der Waals surface area contributed by atoms with Crippen LogP contribution in [0.1, 0.15) is 40.8 Å². The number of nitrogens with one attached hydrogen (secondary N) is 2. The number of primary amides is 1. The lowest BCUT2D eigenvalue weighted by molar-refractivity contribution is 0.0972. The van der Waals surface area contributed by atoms with Crippen LogP contribution in [-0.2, 0) is 6.54 Å². The summed E-state index contributed by atoms with van der Waals surface area (Å²) in [5.41, 5.74) is 6.39. The van der Waals surface area contributed by atoms with E-state index in [4.69, 9.17) is 14.9 Å². The molecule has 1 fully saturated rings. The molecule has 1 aromatic heterocycles. The molecule has 0 radical (unpaired) electrons. The average molecular weight is 527 g/mol. The number of furan rings is 1. The van der Waals surface area contributed by atoms with Gasteiger partial charge < -0.3 is 25.5 Å². The molecule has 1 aliphatic rings. The molecule has 1 saturated heterocycles. The van der Waals surface area contributed by atoms with Gasteiger partial charge in [0.15, 0.2) is 11.7 Å². The highest BCUT2D eigenvalue weighted by molar-refractivity contribution is 14.0. The fourth-order valence-electron chi connectivity index (χ4n) is 3.62. The topological polar surface area (TPSA) is 105 Å². The Balaban J connectivity index is 0.00000320. The Morgan fingerprint density at radius 2 is 1.97 bits per heavy atom. The van der Waals surface area contributed by atoms with Crippen LogP contribution < -0.4 is 21.1 Å². The molecule has 0 aliphatic carbocycles. The molecule has 1 aromatic carbocycles. The van der Waals surface area contributed by atoms with Crippen molar-refractivity contribution in [3.05, 3.63) is 53.5 Å². The van der Waals surface area contributed by atoms with E-state index in [-0.39, 0.29) is 35.8 Å². The first kappa shape index (κ1) is 24.0. The molecular weight excluding hydrogens is 497 g/mol. The van der Waals surface area contributed by atoms with Crippen LogP contribution in [0.5, 0.6) is 5.75 Å². The quantitative estimate of drug-likeness (QED) is 0.277. The van der Waals surface area contributed by atoms with Gasteiger partial charge in [-0.3, -0.25) is 14.7 Å². The number of carbonyl (C=O) groups is 1. The Kier molecular flexibility index (Phi) is 9.44. The SMILES string of the molecule is CN=C(NCc1ccc(C(N)=O)o1)NCC(c1ccccc1OC)N1CCCC1.I. The van der Waals surface area contributed by atoms with Gasteiger partial charge in [0.25, 0.3) is 5.91 Å². The summed E-state index contributed by atoms with van der Waals surface area (Å²) in [6, 6.07) is 11.6. The standard InChI is InChI=1S/C21H29N5O3.HI/c1-23-21(24-13-15-9-10-19(29-15)20(22)27)25-14-17(26-11-5-6-12-26)16-7-3-4-8-18(16)28-2;/h3-4,7-10,17H,5-6,11-14H2,1-2H3,(H2,22,27)(H2,23,24,25);1H. The Morgan fingerprint density at radius 3 is 2.60 bits per heavy atom. The number of likely N-dealkylation sites (tertiary alicyclic amines) is 1. The highest BCUT2D eigenvalue weighted by Gasteiger charge is 2.26. The molecule has 8 nitrogen and oxygen atoms in total. The molecule has 3 rings (SSSR count). The van der Waals surface area contributed by atoms with E-state index in [2.05, 4.69) is 26.6 Å². The van der Waals surface area contributed by atoms with Crippen molar-refractivity contribution < 1.29 is 13.9 Å². The predicted molar refractivity (Wildman–Crippen MR) is 127 cm³/mol. The number of ether oxygens (including phenoxy) is 1. The number of para-hydroxylation sites is 1. The lowest BCUT2D eigenvalue weighted by Crippen LogP contribution is -2.42. The highest BCUT2D eigenvalue weighted by atomic mass is 127. The number of methoxy groups -OCH3 is 1. The summed E-state index contributed by atoms with van der Waals surface area (Å²) in [4.78, 5) is 17.9. The second kappa shape index (κ2) is 11.8. The summed E-state index contributed by atoms with van der Waals surface area (Å²) in [5.74, 6) is 1.73. The lowest BCUT2D eigenvalue weighted by Gasteiger charge is -2.30. The highest BCUT2D eigenvalue weighted by Crippen LogP contribution is 2.31. The third-order valence-corrected chi connectivity index (χ3v) is 5.10. The minimum Gasteiger partial charge on any atom is -0.496 e. The summed E-state index contributed by atoms with van der Waals surface area (Å²) in [6.07, 6.45) is 2.42. The first-order valence-corrected chi connectivity index (χ1v) is 9.82. The number of carbonyl (C=O) groups excluding carboxylic acids is 1. The number of aliphatic imine (C=N–C) groups is 1. The lowest BCUT2D eigenvalue weighted by atomic mass is 10.0. The Bertz CT molecular complexity index is 849. The van der Waals surface area contributed by atoms with Crippen LogP contribution in [0.15, 0.2) is 45.8 Å². The maximum atomic E-state index is 11.2. The van der Waals surface area contributed by atoms with Crippen molar-refractivity contribution in [1.29, 1.82) is 0 Å². The van der Waals surface area contributed by atoms with Crippen molar-refractivity contribution in [2.75, 3.05) is 33.8 Å². The van der Waals surface area contributed by atoms with Crippen molar-refractivity contribution in [2.24, 2.45) is 10.7 Å². The van der Waals surface area contributed by atoms with E-state index in [1.54, 1.807) is 26.3 Å². The molecule has 1 unspecified atom stereocenters. The van der Waals surface area contributed by atoms with Crippen molar-refractivity contribution in [3.63, 3.8) is 0 Å². The molecule has 2 aromatic rings. The van der Waals surface area contributed by atoms with Crippen LogP contribution in [0.25, 0.3) is 0 Å². The molecule has 1 atom stereocenters. The van der Waals surface area contributed by atoms with Gasteiger partial charge in [-0.2, -0.15) is 0 Å². The second-order valence-electron chi connectivity index (χ2n) is 6.94. The number of nitrogens with two attached hydrogens (primary N) is 1. The fourth-order valence-corrected chi connectivity index (χ4v) is 3.62. The van der Waals surface area contributed by atoms with Gasteiger partial charge in [0, 0.05) is 19.2 Å². The van der Waals surface area contributed by atoms with Crippen molar-refractivity contribution >= 4 is 35.8 Å². The molecule has 9 heteroatoms. The molecule has 0 bridgehead atoms. The maximum Gasteiger partial charge on any atom is 0.284 e. The minimum atomic E-state index is -0.580.